The van der Waals surface area contributed by atoms with Crippen LogP contribution in [-0.4, -0.2) is 44.5 Å². The van der Waals surface area contributed by atoms with Crippen LogP contribution < -0.4 is 0 Å². The fraction of sp³-hybridized carbons (Fsp3) is 0.467. The second kappa shape index (κ2) is 13.7. The van der Waals surface area contributed by atoms with Gasteiger partial charge in [-0.25, -0.2) is 0 Å². The number of hydrogen-bond acceptors (Lipinski definition) is 6. The van der Waals surface area contributed by atoms with E-state index in [1.165, 1.54) is 6.20 Å². The zero-order valence-corrected chi connectivity index (χ0v) is 28.8. The third kappa shape index (κ3) is 9.76. The molecule has 0 atom stereocenters. The second-order valence-electron chi connectivity index (χ2n) is 12.6. The van der Waals surface area contributed by atoms with Crippen molar-refractivity contribution in [2.75, 3.05) is 6.61 Å². The third-order valence-electron chi connectivity index (χ3n) is 7.51. The number of hydrogen-bond donors (Lipinski definition) is 0. The Hall–Kier alpha value is -2.13. The van der Waals surface area contributed by atoms with Crippen LogP contribution in [0.25, 0.3) is 10.9 Å². The highest BCUT2D eigenvalue weighted by Crippen LogP contribution is 2.37. The molecule has 0 unspecified atom stereocenters. The predicted octanol–water partition coefficient (Wildman–Crippen LogP) is 8.73. The Morgan fingerprint density at radius 2 is 1.40 bits per heavy atom. The molecular weight excluding hydrogens is 577 g/mol. The molecule has 0 aliphatic carbocycles. The molecule has 0 bridgehead atoms. The zero-order chi connectivity index (χ0) is 30.4. The first kappa shape index (κ1) is 34.1. The average molecular weight is 619 g/mol. The van der Waals surface area contributed by atoms with Gasteiger partial charge in [0.2, 0.25) is 0 Å². The highest BCUT2D eigenvalue weighted by molar-refractivity contribution is 6.74. The van der Waals surface area contributed by atoms with E-state index in [2.05, 4.69) is 94.5 Å². The summed E-state index contributed by atoms with van der Waals surface area (Å²) in [5, 5.41) is 2.46. The topological polar surface area (TPSA) is 74.2 Å². The van der Waals surface area contributed by atoms with E-state index in [9.17, 15) is 4.79 Å². The van der Waals surface area contributed by atoms with Crippen molar-refractivity contribution in [1.82, 2.24) is 15.0 Å². The molecule has 3 aromatic rings. The second-order valence-corrected chi connectivity index (χ2v) is 23.1. The van der Waals surface area contributed by atoms with Gasteiger partial charge in [0.15, 0.2) is 22.9 Å². The lowest BCUT2D eigenvalue weighted by Gasteiger charge is -2.36. The largest absolute Gasteiger partial charge is 0.411 e. The fourth-order valence-corrected chi connectivity index (χ4v) is 4.94. The molecule has 0 fully saturated rings. The number of halogens is 2. The number of nitrogens with zero attached hydrogens (tertiary/aromatic N) is 3. The first-order valence-electron chi connectivity index (χ1n) is 13.1. The summed E-state index contributed by atoms with van der Waals surface area (Å²) >= 11 is 11.8. The van der Waals surface area contributed by atoms with Crippen molar-refractivity contribution in [3.63, 3.8) is 0 Å². The van der Waals surface area contributed by atoms with Crippen LogP contribution in [0.3, 0.4) is 0 Å². The Labute approximate surface area is 251 Å². The standard InChI is InChI=1S/C15H21ClN2OSi.C15H20ClNO2Si/c1-15(2,3)20(4,5)19-10-13-7-11-6-12(16)8-18-14(11)9-17-13;1-15(2,3)20(4,5)19-8-6-7-12-9-13(16)10-17-14(12)11-18/h6-9H,10H2,1-5H3;9-11H,8H2,1-5H3. The maximum atomic E-state index is 10.9. The van der Waals surface area contributed by atoms with E-state index in [-0.39, 0.29) is 10.1 Å². The Kier molecular flexibility index (Phi) is 11.7. The van der Waals surface area contributed by atoms with E-state index in [1.807, 2.05) is 12.1 Å². The van der Waals surface area contributed by atoms with Crippen molar-refractivity contribution in [1.29, 1.82) is 0 Å². The summed E-state index contributed by atoms with van der Waals surface area (Å²) in [6.45, 7) is 23.0. The molecule has 0 radical (unpaired) electrons. The van der Waals surface area contributed by atoms with Crippen molar-refractivity contribution in [3.8, 4) is 11.8 Å². The van der Waals surface area contributed by atoms with E-state index in [1.54, 1.807) is 18.5 Å². The highest BCUT2D eigenvalue weighted by Gasteiger charge is 2.37. The van der Waals surface area contributed by atoms with E-state index < -0.39 is 16.6 Å². The lowest BCUT2D eigenvalue weighted by atomic mass is 10.2. The van der Waals surface area contributed by atoms with Crippen molar-refractivity contribution >= 4 is 57.0 Å². The molecule has 6 nitrogen and oxygen atoms in total. The number of pyridine rings is 3. The minimum Gasteiger partial charge on any atom is -0.411 e. The lowest BCUT2D eigenvalue weighted by Crippen LogP contribution is -2.40. The normalized spacial score (nSPS) is 12.3. The van der Waals surface area contributed by atoms with E-state index in [4.69, 9.17) is 32.1 Å². The van der Waals surface area contributed by atoms with E-state index >= 15 is 0 Å². The maximum absolute atomic E-state index is 10.9. The van der Waals surface area contributed by atoms with Crippen LogP contribution in [0.4, 0.5) is 0 Å². The summed E-state index contributed by atoms with van der Waals surface area (Å²) in [4.78, 5) is 23.4. The van der Waals surface area contributed by atoms with Gasteiger partial charge in [-0.05, 0) is 54.5 Å². The SMILES string of the molecule is CC(C)(C)[Si](C)(C)OCC#Cc1cc(Cl)cnc1C=O.CC(C)(C)[Si](C)(C)OCc1cc2cc(Cl)cnc2cn1. The number of carbonyl (C=O) groups excluding carboxylic acids is 1. The molecule has 0 aliphatic rings. The molecule has 40 heavy (non-hydrogen) atoms. The van der Waals surface area contributed by atoms with Gasteiger partial charge in [-0.3, -0.25) is 19.7 Å². The van der Waals surface area contributed by atoms with Crippen molar-refractivity contribution in [2.24, 2.45) is 0 Å². The van der Waals surface area contributed by atoms with Crippen LogP contribution in [0.5, 0.6) is 0 Å². The predicted molar refractivity (Wildman–Crippen MR) is 171 cm³/mol. The fourth-order valence-electron chi connectivity index (χ4n) is 2.81. The monoisotopic (exact) mass is 617 g/mol. The molecule has 0 saturated heterocycles. The first-order valence-corrected chi connectivity index (χ1v) is 19.7. The molecule has 0 spiro atoms. The third-order valence-corrected chi connectivity index (χ3v) is 16.9. The minimum atomic E-state index is -1.79. The first-order chi connectivity index (χ1) is 18.4. The minimum absolute atomic E-state index is 0.153. The summed E-state index contributed by atoms with van der Waals surface area (Å²) in [6, 6.07) is 5.54. The number of rotatable bonds is 6. The molecule has 0 amide bonds. The smallest absolute Gasteiger partial charge is 0.193 e. The highest BCUT2D eigenvalue weighted by atomic mass is 35.5. The summed E-state index contributed by atoms with van der Waals surface area (Å²) < 4.78 is 12.1. The van der Waals surface area contributed by atoms with Gasteiger partial charge in [0.05, 0.1) is 46.2 Å². The number of fused-ring (bicyclic) bond motifs is 1. The number of carbonyl (C=O) groups is 1. The molecule has 216 valence electrons. The molecule has 0 saturated carbocycles. The summed E-state index contributed by atoms with van der Waals surface area (Å²) in [6.07, 6.45) is 5.52. The van der Waals surface area contributed by atoms with Gasteiger partial charge in [0.25, 0.3) is 0 Å². The van der Waals surface area contributed by atoms with Gasteiger partial charge in [-0.1, -0.05) is 76.6 Å². The molecule has 3 aromatic heterocycles. The van der Waals surface area contributed by atoms with Gasteiger partial charge in [-0.15, -0.1) is 0 Å². The Balaban J connectivity index is 0.000000280. The lowest BCUT2D eigenvalue weighted by molar-refractivity contribution is 0.111. The Bertz CT molecular complexity index is 1390. The van der Waals surface area contributed by atoms with Gasteiger partial charge in [0.1, 0.15) is 5.69 Å². The quantitative estimate of drug-likeness (QED) is 0.156. The maximum Gasteiger partial charge on any atom is 0.193 e. The Morgan fingerprint density at radius 1 is 0.825 bits per heavy atom. The molecule has 0 aromatic carbocycles. The van der Waals surface area contributed by atoms with Gasteiger partial charge < -0.3 is 8.85 Å². The Morgan fingerprint density at radius 3 is 2.00 bits per heavy atom. The molecule has 0 aliphatic heterocycles. The summed E-state index contributed by atoms with van der Waals surface area (Å²) in [5.41, 5.74) is 2.61. The molecule has 10 heteroatoms. The van der Waals surface area contributed by atoms with Crippen LogP contribution in [0.2, 0.25) is 46.3 Å². The van der Waals surface area contributed by atoms with Crippen LogP contribution >= 0.6 is 23.2 Å². The zero-order valence-electron chi connectivity index (χ0n) is 25.3. The van der Waals surface area contributed by atoms with Crippen LogP contribution in [0, 0.1) is 11.8 Å². The van der Waals surface area contributed by atoms with E-state index in [0.29, 0.717) is 40.8 Å². The van der Waals surface area contributed by atoms with Crippen molar-refractivity contribution in [3.05, 3.63) is 63.8 Å². The van der Waals surface area contributed by atoms with E-state index in [0.717, 1.165) is 16.6 Å². The molecular formula is C30H41Cl2N3O3Si2. The van der Waals surface area contributed by atoms with Gasteiger partial charge in [0, 0.05) is 17.8 Å². The van der Waals surface area contributed by atoms with Crippen LogP contribution in [-0.2, 0) is 15.5 Å². The van der Waals surface area contributed by atoms with Crippen LogP contribution in [0.15, 0.2) is 36.8 Å². The number of aldehydes is 1. The average Bonchev–Trinajstić information content (AvgIpc) is 2.84. The van der Waals surface area contributed by atoms with Crippen molar-refractivity contribution in [2.45, 2.75) is 84.4 Å². The van der Waals surface area contributed by atoms with Crippen LogP contribution in [0.1, 0.15) is 63.3 Å². The van der Waals surface area contributed by atoms with Gasteiger partial charge >= 0.3 is 0 Å². The summed E-state index contributed by atoms with van der Waals surface area (Å²) in [7, 11) is -3.54. The number of aromatic nitrogens is 3. The molecule has 3 heterocycles. The summed E-state index contributed by atoms with van der Waals surface area (Å²) in [5.74, 6) is 5.83. The molecule has 0 N–H and O–H groups in total. The van der Waals surface area contributed by atoms with Gasteiger partial charge in [-0.2, -0.15) is 0 Å². The van der Waals surface area contributed by atoms with Crippen molar-refractivity contribution < 1.29 is 13.6 Å². The molecule has 3 rings (SSSR count).